The first kappa shape index (κ1) is 22.9. The molecule has 0 bridgehead atoms. The Morgan fingerprint density at radius 1 is 0.810 bits per heavy atom. The molecule has 0 aromatic rings. The van der Waals surface area contributed by atoms with E-state index < -0.39 is 5.97 Å². The molecule has 116 valence electrons. The second kappa shape index (κ2) is 19.6. The number of carboxylic acids is 1. The number of carbonyl (C=O) groups is 1. The molecular formula is C18H30CdO2. The number of unbranched alkanes of at least 4 members (excludes halogenated alkanes) is 5. The summed E-state index contributed by atoms with van der Waals surface area (Å²) in [6.45, 7) is 2.15. The fourth-order valence-electron chi connectivity index (χ4n) is 1.90. The van der Waals surface area contributed by atoms with Gasteiger partial charge in [0.15, 0.2) is 0 Å². The summed E-state index contributed by atoms with van der Waals surface area (Å²) in [6.07, 6.45) is 23.4. The van der Waals surface area contributed by atoms with Crippen LogP contribution in [0.2, 0.25) is 0 Å². The van der Waals surface area contributed by atoms with Gasteiger partial charge in [-0.05, 0) is 38.5 Å². The number of allylic oxidation sites excluding steroid dienone is 6. The Morgan fingerprint density at radius 3 is 1.95 bits per heavy atom. The maximum atomic E-state index is 10.3. The molecular weight excluding hydrogens is 361 g/mol. The van der Waals surface area contributed by atoms with Crippen LogP contribution >= 0.6 is 0 Å². The minimum absolute atomic E-state index is 0. The quantitative estimate of drug-likeness (QED) is 0.250. The Kier molecular flexibility index (Phi) is 21.4. The zero-order chi connectivity index (χ0) is 14.9. The summed E-state index contributed by atoms with van der Waals surface area (Å²) in [4.78, 5) is 10.3. The van der Waals surface area contributed by atoms with Crippen molar-refractivity contribution in [3.8, 4) is 0 Å². The summed E-state index contributed by atoms with van der Waals surface area (Å²) >= 11 is 0. The second-order valence-corrected chi connectivity index (χ2v) is 4.99. The maximum Gasteiger partial charge on any atom is 0.303 e. The average molecular weight is 391 g/mol. The second-order valence-electron chi connectivity index (χ2n) is 4.99. The molecule has 3 heteroatoms. The van der Waals surface area contributed by atoms with Crippen LogP contribution in [0.3, 0.4) is 0 Å². The fourth-order valence-corrected chi connectivity index (χ4v) is 1.90. The van der Waals surface area contributed by atoms with Gasteiger partial charge in [-0.3, -0.25) is 4.79 Å². The van der Waals surface area contributed by atoms with Gasteiger partial charge in [-0.1, -0.05) is 62.6 Å². The van der Waals surface area contributed by atoms with Gasteiger partial charge in [-0.25, -0.2) is 0 Å². The molecule has 0 aromatic carbocycles. The van der Waals surface area contributed by atoms with Crippen LogP contribution in [0.25, 0.3) is 0 Å². The van der Waals surface area contributed by atoms with Crippen LogP contribution in [0, 0.1) is 0 Å². The number of rotatable bonds is 13. The van der Waals surface area contributed by atoms with E-state index in [1.807, 2.05) is 0 Å². The van der Waals surface area contributed by atoms with Gasteiger partial charge in [-0.2, -0.15) is 0 Å². The Morgan fingerprint density at radius 2 is 1.33 bits per heavy atom. The van der Waals surface area contributed by atoms with Crippen LogP contribution in [0.15, 0.2) is 36.5 Å². The van der Waals surface area contributed by atoms with Crippen molar-refractivity contribution in [3.63, 3.8) is 0 Å². The summed E-state index contributed by atoms with van der Waals surface area (Å²) in [5.41, 5.74) is 0. The molecule has 0 aliphatic rings. The van der Waals surface area contributed by atoms with Gasteiger partial charge in [0.05, 0.1) is 0 Å². The van der Waals surface area contributed by atoms with E-state index in [1.165, 1.54) is 12.8 Å². The molecule has 0 aliphatic heterocycles. The topological polar surface area (TPSA) is 37.3 Å². The molecule has 0 atom stereocenters. The van der Waals surface area contributed by atoms with Gasteiger partial charge in [0.25, 0.3) is 0 Å². The Balaban J connectivity index is 0. The van der Waals surface area contributed by atoms with E-state index in [0.29, 0.717) is 6.42 Å². The van der Waals surface area contributed by atoms with Gasteiger partial charge < -0.3 is 5.11 Å². The summed E-state index contributed by atoms with van der Waals surface area (Å²) < 4.78 is 0. The maximum absolute atomic E-state index is 10.3. The molecule has 0 spiro atoms. The SMILES string of the molecule is CC/C=C\C/C=C\C/C=C\CCCCCCCC(=O)O.[Cd]. The zero-order valence-electron chi connectivity index (χ0n) is 13.6. The molecule has 0 fully saturated rings. The smallest absolute Gasteiger partial charge is 0.303 e. The molecule has 0 heterocycles. The van der Waals surface area contributed by atoms with Crippen LogP contribution < -0.4 is 0 Å². The monoisotopic (exact) mass is 392 g/mol. The van der Waals surface area contributed by atoms with E-state index in [2.05, 4.69) is 43.4 Å². The molecule has 0 rings (SSSR count). The molecule has 0 radical (unpaired) electrons. The third-order valence-corrected chi connectivity index (χ3v) is 3.04. The molecule has 0 amide bonds. The first-order valence-electron chi connectivity index (χ1n) is 7.94. The van der Waals surface area contributed by atoms with Crippen LogP contribution in [0.4, 0.5) is 0 Å². The minimum atomic E-state index is -0.675. The minimum Gasteiger partial charge on any atom is -0.481 e. The van der Waals surface area contributed by atoms with Gasteiger partial charge in [-0.15, -0.1) is 0 Å². The van der Waals surface area contributed by atoms with Crippen molar-refractivity contribution in [2.24, 2.45) is 0 Å². The van der Waals surface area contributed by atoms with Crippen molar-refractivity contribution in [2.45, 2.75) is 71.1 Å². The van der Waals surface area contributed by atoms with E-state index in [0.717, 1.165) is 44.9 Å². The largest absolute Gasteiger partial charge is 0.481 e. The van der Waals surface area contributed by atoms with Gasteiger partial charge in [0.2, 0.25) is 0 Å². The molecule has 0 aromatic heterocycles. The van der Waals surface area contributed by atoms with Crippen molar-refractivity contribution >= 4 is 5.97 Å². The molecule has 0 unspecified atom stereocenters. The summed E-state index contributed by atoms with van der Waals surface area (Å²) in [7, 11) is 0. The van der Waals surface area contributed by atoms with Crippen molar-refractivity contribution in [1.82, 2.24) is 0 Å². The Hall–Kier alpha value is -0.388. The third kappa shape index (κ3) is 22.0. The Labute approximate surface area is 150 Å². The van der Waals surface area contributed by atoms with Gasteiger partial charge in [0, 0.05) is 33.7 Å². The first-order valence-corrected chi connectivity index (χ1v) is 7.94. The molecule has 0 saturated heterocycles. The zero-order valence-corrected chi connectivity index (χ0v) is 17.6. The molecule has 0 aliphatic carbocycles. The number of aliphatic carboxylic acids is 1. The molecule has 1 N–H and O–H groups in total. The van der Waals surface area contributed by atoms with E-state index in [1.54, 1.807) is 0 Å². The van der Waals surface area contributed by atoms with Crippen molar-refractivity contribution in [2.75, 3.05) is 0 Å². The van der Waals surface area contributed by atoms with Crippen molar-refractivity contribution < 1.29 is 37.2 Å². The number of hydrogen-bond acceptors (Lipinski definition) is 1. The van der Waals surface area contributed by atoms with Gasteiger partial charge >= 0.3 is 5.97 Å². The van der Waals surface area contributed by atoms with Crippen LogP contribution in [-0.2, 0) is 32.1 Å². The first-order chi connectivity index (χ1) is 9.77. The summed E-state index contributed by atoms with van der Waals surface area (Å²) in [5, 5.41) is 8.50. The number of carboxylic acid groups (broad SMARTS) is 1. The van der Waals surface area contributed by atoms with E-state index in [4.69, 9.17) is 5.11 Å². The number of hydrogen-bond donors (Lipinski definition) is 1. The molecule has 0 saturated carbocycles. The normalized spacial score (nSPS) is 11.5. The van der Waals surface area contributed by atoms with Crippen LogP contribution in [0.1, 0.15) is 71.1 Å². The summed E-state index contributed by atoms with van der Waals surface area (Å²) in [5.74, 6) is -0.675. The average Bonchev–Trinajstić information content (AvgIpc) is 2.43. The molecule has 21 heavy (non-hydrogen) atoms. The Bertz CT molecular complexity index is 306. The predicted octanol–water partition coefficient (Wildman–Crippen LogP) is 5.66. The third-order valence-electron chi connectivity index (χ3n) is 3.04. The standard InChI is InChI=1S/C18H30O2.Cd/c1-2-3-4-5-6-7-8-9-10-11-12-13-14-15-16-17-18(19)20;/h3-4,6-7,9-10H,2,5,8,11-17H2,1H3,(H,19,20);/b4-3-,7-6-,10-9-;. The van der Waals surface area contributed by atoms with Crippen molar-refractivity contribution in [3.05, 3.63) is 36.5 Å². The van der Waals surface area contributed by atoms with E-state index >= 15 is 0 Å². The van der Waals surface area contributed by atoms with Crippen molar-refractivity contribution in [1.29, 1.82) is 0 Å². The summed E-state index contributed by atoms with van der Waals surface area (Å²) in [6, 6.07) is 0. The van der Waals surface area contributed by atoms with Crippen LogP contribution in [0.5, 0.6) is 0 Å². The van der Waals surface area contributed by atoms with E-state index in [-0.39, 0.29) is 27.3 Å². The van der Waals surface area contributed by atoms with Crippen LogP contribution in [-0.4, -0.2) is 11.1 Å². The molecule has 2 nitrogen and oxygen atoms in total. The van der Waals surface area contributed by atoms with E-state index in [9.17, 15) is 4.79 Å². The van der Waals surface area contributed by atoms with Gasteiger partial charge in [0.1, 0.15) is 0 Å². The fraction of sp³-hybridized carbons (Fsp3) is 0.611. The predicted molar refractivity (Wildman–Crippen MR) is 86.9 cm³/mol.